The molecule has 3 rings (SSSR count). The molecule has 2 N–H and O–H groups in total. The average molecular weight is 458 g/mol. The van der Waals surface area contributed by atoms with Crippen molar-refractivity contribution in [1.82, 2.24) is 4.90 Å². The third kappa shape index (κ3) is 5.71. The monoisotopic (exact) mass is 457 g/mol. The van der Waals surface area contributed by atoms with Gasteiger partial charge in [0.2, 0.25) is 0 Å². The molecule has 32 heavy (non-hydrogen) atoms. The molecule has 1 fully saturated rings. The highest BCUT2D eigenvalue weighted by Crippen LogP contribution is 2.35. The molecule has 2 aromatic carbocycles. The Kier molecular flexibility index (Phi) is 7.62. The topological polar surface area (TPSA) is 77.6 Å². The van der Waals surface area contributed by atoms with Crippen LogP contribution in [-0.2, 0) is 6.42 Å². The van der Waals surface area contributed by atoms with Crippen LogP contribution in [0.5, 0.6) is 5.75 Å². The highest BCUT2D eigenvalue weighted by molar-refractivity contribution is 6.33. The first-order valence-electron chi connectivity index (χ1n) is 10.5. The summed E-state index contributed by atoms with van der Waals surface area (Å²) < 4.78 is 5.21. The number of carboxylic acids is 1. The zero-order chi connectivity index (χ0) is 23.3. The second-order valence-electron chi connectivity index (χ2n) is 8.26. The van der Waals surface area contributed by atoms with Crippen molar-refractivity contribution in [3.05, 3.63) is 64.0 Å². The molecule has 7 nitrogen and oxygen atoms in total. The van der Waals surface area contributed by atoms with Crippen LogP contribution in [0.4, 0.5) is 11.4 Å². The van der Waals surface area contributed by atoms with E-state index in [2.05, 4.69) is 9.74 Å². The number of halogens is 1. The molecule has 0 spiro atoms. The van der Waals surface area contributed by atoms with Gasteiger partial charge in [0.25, 0.3) is 0 Å². The molecule has 0 radical (unpaired) electrons. The number of aromatic carboxylic acids is 1. The Morgan fingerprint density at radius 2 is 1.94 bits per heavy atom. The summed E-state index contributed by atoms with van der Waals surface area (Å²) in [5.41, 5.74) is 1.62. The summed E-state index contributed by atoms with van der Waals surface area (Å²) >= 11 is 6.34. The summed E-state index contributed by atoms with van der Waals surface area (Å²) in [5, 5.41) is 20.8. The molecule has 1 saturated heterocycles. The normalized spacial score (nSPS) is 15.7. The summed E-state index contributed by atoms with van der Waals surface area (Å²) in [6.45, 7) is 9.90. The Balaban J connectivity index is 1.57. The van der Waals surface area contributed by atoms with Gasteiger partial charge in [0.05, 0.1) is 30.0 Å². The van der Waals surface area contributed by atoms with E-state index in [0.717, 1.165) is 26.1 Å². The molecule has 0 atom stereocenters. The molecule has 1 heterocycles. The number of carboxylic acid groups (broad SMARTS) is 1. The average Bonchev–Trinajstić information content (AvgIpc) is 2.78. The molecule has 1 aliphatic rings. The van der Waals surface area contributed by atoms with Gasteiger partial charge < -0.3 is 24.7 Å². The number of nitrogens with zero attached hydrogens (tertiary/aromatic N) is 3. The zero-order valence-electron chi connectivity index (χ0n) is 18.3. The number of anilines is 1. The number of hydrogen-bond donors (Lipinski definition) is 2. The number of rotatable bonds is 8. The molecule has 0 saturated carbocycles. The number of likely N-dealkylation sites (N-methyl/N-ethyl adjacent to an activating group) is 1. The molecular formula is C24H28ClN3O4. The predicted molar refractivity (Wildman–Crippen MR) is 125 cm³/mol. The van der Waals surface area contributed by atoms with Crippen LogP contribution in [0.15, 0.2) is 36.4 Å². The first-order chi connectivity index (χ1) is 15.2. The van der Waals surface area contributed by atoms with E-state index >= 15 is 0 Å². The van der Waals surface area contributed by atoms with Crippen molar-refractivity contribution < 1.29 is 19.7 Å². The lowest BCUT2D eigenvalue weighted by atomic mass is 9.90. The van der Waals surface area contributed by atoms with Crippen LogP contribution in [0.1, 0.15) is 28.8 Å². The van der Waals surface area contributed by atoms with Crippen molar-refractivity contribution in [3.63, 3.8) is 0 Å². The summed E-state index contributed by atoms with van der Waals surface area (Å²) in [5.74, 6) is -0.874. The lowest BCUT2D eigenvalue weighted by molar-refractivity contribution is -0.0137. The number of benzene rings is 2. The zero-order valence-corrected chi connectivity index (χ0v) is 19.1. The minimum Gasteiger partial charge on any atom is -0.496 e. The van der Waals surface area contributed by atoms with Gasteiger partial charge in [0.15, 0.2) is 5.69 Å². The molecule has 0 unspecified atom stereocenters. The quantitative estimate of drug-likeness (QED) is 0.581. The SMILES string of the molecule is [C-]#[N+]c1ccc(CCN2CCC(O)(CN(C)c3cc(OC)c(C(=O)O)cc3Cl)CC2)cc1. The fourth-order valence-electron chi connectivity index (χ4n) is 4.07. The third-order valence-corrected chi connectivity index (χ3v) is 6.31. The van der Waals surface area contributed by atoms with Gasteiger partial charge in [-0.15, -0.1) is 0 Å². The van der Waals surface area contributed by atoms with Crippen molar-refractivity contribution in [2.45, 2.75) is 24.9 Å². The first-order valence-corrected chi connectivity index (χ1v) is 10.9. The second kappa shape index (κ2) is 10.2. The lowest BCUT2D eigenvalue weighted by Crippen LogP contribution is -2.50. The van der Waals surface area contributed by atoms with Crippen molar-refractivity contribution in [2.24, 2.45) is 0 Å². The minimum absolute atomic E-state index is 0.00500. The molecule has 8 heteroatoms. The summed E-state index contributed by atoms with van der Waals surface area (Å²) in [6, 6.07) is 10.7. The first kappa shape index (κ1) is 23.9. The highest BCUT2D eigenvalue weighted by atomic mass is 35.5. The minimum atomic E-state index is -1.11. The lowest BCUT2D eigenvalue weighted by Gasteiger charge is -2.41. The van der Waals surface area contributed by atoms with Gasteiger partial charge in [-0.3, -0.25) is 0 Å². The molecule has 0 amide bonds. The molecule has 170 valence electrons. The Labute approximate surface area is 193 Å². The third-order valence-electron chi connectivity index (χ3n) is 6.01. The van der Waals surface area contributed by atoms with E-state index < -0.39 is 11.6 Å². The maximum atomic E-state index is 11.4. The second-order valence-corrected chi connectivity index (χ2v) is 8.67. The van der Waals surface area contributed by atoms with Crippen LogP contribution in [0.25, 0.3) is 4.85 Å². The smallest absolute Gasteiger partial charge is 0.339 e. The Morgan fingerprint density at radius 3 is 2.50 bits per heavy atom. The molecule has 0 aliphatic carbocycles. The maximum absolute atomic E-state index is 11.4. The van der Waals surface area contributed by atoms with Crippen molar-refractivity contribution in [1.29, 1.82) is 0 Å². The number of aliphatic hydroxyl groups is 1. The number of ether oxygens (including phenoxy) is 1. The van der Waals surface area contributed by atoms with E-state index in [9.17, 15) is 15.0 Å². The van der Waals surface area contributed by atoms with Gasteiger partial charge in [-0.1, -0.05) is 35.9 Å². The van der Waals surface area contributed by atoms with E-state index in [-0.39, 0.29) is 11.3 Å². The van der Waals surface area contributed by atoms with Crippen molar-refractivity contribution in [3.8, 4) is 5.75 Å². The maximum Gasteiger partial charge on any atom is 0.339 e. The summed E-state index contributed by atoms with van der Waals surface area (Å²) in [6.07, 6.45) is 2.17. The van der Waals surface area contributed by atoms with Crippen molar-refractivity contribution in [2.75, 3.05) is 45.2 Å². The fourth-order valence-corrected chi connectivity index (χ4v) is 4.38. The van der Waals surface area contributed by atoms with Crippen LogP contribution >= 0.6 is 11.6 Å². The van der Waals surface area contributed by atoms with E-state index in [0.29, 0.717) is 35.8 Å². The Hall–Kier alpha value is -2.79. The van der Waals surface area contributed by atoms with Crippen LogP contribution in [0, 0.1) is 6.57 Å². The number of carbonyl (C=O) groups is 1. The van der Waals surface area contributed by atoms with Gasteiger partial charge in [0, 0.05) is 39.3 Å². The van der Waals surface area contributed by atoms with Gasteiger partial charge in [-0.2, -0.15) is 0 Å². The number of methoxy groups -OCH3 is 1. The molecule has 1 aliphatic heterocycles. The van der Waals surface area contributed by atoms with Gasteiger partial charge in [0.1, 0.15) is 11.3 Å². The largest absolute Gasteiger partial charge is 0.496 e. The van der Waals surface area contributed by atoms with E-state index in [4.69, 9.17) is 22.9 Å². The van der Waals surface area contributed by atoms with E-state index in [1.165, 1.54) is 18.7 Å². The van der Waals surface area contributed by atoms with E-state index in [1.807, 2.05) is 36.2 Å². The number of likely N-dealkylation sites (tertiary alicyclic amines) is 1. The van der Waals surface area contributed by atoms with Crippen LogP contribution in [0.2, 0.25) is 5.02 Å². The number of piperidine rings is 1. The van der Waals surface area contributed by atoms with Crippen LogP contribution < -0.4 is 9.64 Å². The fraction of sp³-hybridized carbons (Fsp3) is 0.417. The standard InChI is InChI=1S/C24H28ClN3O4/c1-26-18-6-4-17(5-7-18)8-11-28-12-9-24(31,10-13-28)16-27(2)21-15-22(32-3)19(23(29)30)14-20(21)25/h4-7,14-15,31H,8-13,16H2,2-3H3,(H,29,30). The summed E-state index contributed by atoms with van der Waals surface area (Å²) in [7, 11) is 3.25. The molecule has 0 bridgehead atoms. The molecular weight excluding hydrogens is 430 g/mol. The van der Waals surface area contributed by atoms with Gasteiger partial charge in [-0.25, -0.2) is 9.64 Å². The number of hydrogen-bond acceptors (Lipinski definition) is 5. The molecule has 0 aromatic heterocycles. The van der Waals surface area contributed by atoms with Crippen LogP contribution in [-0.4, -0.2) is 67.0 Å². The van der Waals surface area contributed by atoms with Crippen LogP contribution in [0.3, 0.4) is 0 Å². The van der Waals surface area contributed by atoms with E-state index in [1.54, 1.807) is 6.07 Å². The molecule has 2 aromatic rings. The Morgan fingerprint density at radius 1 is 1.28 bits per heavy atom. The van der Waals surface area contributed by atoms with Gasteiger partial charge >= 0.3 is 5.97 Å². The van der Waals surface area contributed by atoms with Crippen molar-refractivity contribution >= 4 is 28.9 Å². The highest BCUT2D eigenvalue weighted by Gasteiger charge is 2.34. The Bertz CT molecular complexity index is 996. The van der Waals surface area contributed by atoms with Gasteiger partial charge in [-0.05, 0) is 30.9 Å². The summed E-state index contributed by atoms with van der Waals surface area (Å²) in [4.78, 5) is 19.0. The predicted octanol–water partition coefficient (Wildman–Crippen LogP) is 4.10.